The van der Waals surface area contributed by atoms with Gasteiger partial charge in [-0.05, 0) is 12.1 Å². The Hall–Kier alpha value is -2.90. The fraction of sp³-hybridized carbons (Fsp3) is 0.231. The third-order valence-corrected chi connectivity index (χ3v) is 2.46. The minimum atomic E-state index is -1.56. The summed E-state index contributed by atoms with van der Waals surface area (Å²) in [6, 6.07) is 4.44. The van der Waals surface area contributed by atoms with E-state index >= 15 is 0 Å². The van der Waals surface area contributed by atoms with Crippen LogP contribution in [0.2, 0.25) is 0 Å². The van der Waals surface area contributed by atoms with Gasteiger partial charge in [0.05, 0.1) is 17.7 Å². The zero-order valence-corrected chi connectivity index (χ0v) is 11.1. The summed E-state index contributed by atoms with van der Waals surface area (Å²) < 4.78 is 0. The van der Waals surface area contributed by atoms with Crippen molar-refractivity contribution in [3.05, 3.63) is 29.8 Å². The Bertz CT molecular complexity index is 584. The van der Waals surface area contributed by atoms with E-state index in [1.165, 1.54) is 25.1 Å². The topological polar surface area (TPSA) is 133 Å². The number of benzene rings is 1. The number of para-hydroxylation sites is 1. The van der Waals surface area contributed by atoms with Crippen LogP contribution in [0.3, 0.4) is 0 Å². The van der Waals surface area contributed by atoms with Gasteiger partial charge in [0.1, 0.15) is 6.04 Å². The molecule has 0 heterocycles. The normalized spacial score (nSPS) is 11.3. The number of carbonyl (C=O) groups is 4. The molecule has 1 rings (SSSR count). The van der Waals surface area contributed by atoms with Gasteiger partial charge in [0, 0.05) is 6.92 Å². The number of hydrogen-bond acceptors (Lipinski definition) is 4. The largest absolute Gasteiger partial charge is 0.481 e. The van der Waals surface area contributed by atoms with Crippen LogP contribution < -0.4 is 10.6 Å². The predicted octanol–water partition coefficient (Wildman–Crippen LogP) is 0.303. The van der Waals surface area contributed by atoms with Crippen LogP contribution in [0.1, 0.15) is 23.7 Å². The van der Waals surface area contributed by atoms with Crippen molar-refractivity contribution in [2.45, 2.75) is 19.4 Å². The van der Waals surface area contributed by atoms with Gasteiger partial charge in [0.25, 0.3) is 5.91 Å². The van der Waals surface area contributed by atoms with Crippen LogP contribution in [0.15, 0.2) is 24.3 Å². The van der Waals surface area contributed by atoms with Gasteiger partial charge >= 0.3 is 11.9 Å². The molecule has 112 valence electrons. The molecule has 0 unspecified atom stereocenters. The fourth-order valence-corrected chi connectivity index (χ4v) is 1.59. The zero-order chi connectivity index (χ0) is 16.0. The quantitative estimate of drug-likeness (QED) is 0.596. The standard InChI is InChI=1S/C13H14N2O6/c1-7(16)14-9-5-3-2-4-8(9)12(19)15-10(13(20)21)6-11(17)18/h2-5,10H,6H2,1H3,(H,14,16)(H,15,19)(H,17,18)(H,20,21)/t10-/m0/s1. The minimum Gasteiger partial charge on any atom is -0.481 e. The van der Waals surface area contributed by atoms with Gasteiger partial charge in [-0.3, -0.25) is 14.4 Å². The Morgan fingerprint density at radius 2 is 1.76 bits per heavy atom. The number of amides is 2. The maximum atomic E-state index is 12.0. The number of hydrogen-bond donors (Lipinski definition) is 4. The van der Waals surface area contributed by atoms with E-state index in [-0.39, 0.29) is 11.3 Å². The van der Waals surface area contributed by atoms with E-state index in [4.69, 9.17) is 10.2 Å². The van der Waals surface area contributed by atoms with Crippen LogP contribution in [0.5, 0.6) is 0 Å². The fourth-order valence-electron chi connectivity index (χ4n) is 1.59. The first-order valence-electron chi connectivity index (χ1n) is 5.93. The second-order valence-corrected chi connectivity index (χ2v) is 4.19. The van der Waals surface area contributed by atoms with Crippen molar-refractivity contribution in [2.24, 2.45) is 0 Å². The van der Waals surface area contributed by atoms with Crippen molar-refractivity contribution in [3.63, 3.8) is 0 Å². The molecule has 0 aliphatic carbocycles. The summed E-state index contributed by atoms with van der Waals surface area (Å²) in [5.74, 6) is -3.98. The van der Waals surface area contributed by atoms with Crippen LogP contribution in [-0.2, 0) is 14.4 Å². The second-order valence-electron chi connectivity index (χ2n) is 4.19. The van der Waals surface area contributed by atoms with E-state index < -0.39 is 36.2 Å². The monoisotopic (exact) mass is 294 g/mol. The lowest BCUT2D eigenvalue weighted by Crippen LogP contribution is -2.42. The highest BCUT2D eigenvalue weighted by Gasteiger charge is 2.24. The van der Waals surface area contributed by atoms with Crippen molar-refractivity contribution in [1.29, 1.82) is 0 Å². The Labute approximate surface area is 119 Å². The maximum Gasteiger partial charge on any atom is 0.326 e. The molecule has 0 spiro atoms. The molecule has 0 aliphatic heterocycles. The molecule has 0 fully saturated rings. The molecule has 1 aromatic carbocycles. The first-order chi connectivity index (χ1) is 9.81. The van der Waals surface area contributed by atoms with Crippen LogP contribution in [-0.4, -0.2) is 40.0 Å². The lowest BCUT2D eigenvalue weighted by molar-refractivity contribution is -0.145. The van der Waals surface area contributed by atoms with Gasteiger partial charge in [-0.1, -0.05) is 12.1 Å². The molecule has 0 saturated carbocycles. The Balaban J connectivity index is 2.94. The van der Waals surface area contributed by atoms with E-state index in [1.54, 1.807) is 6.07 Å². The van der Waals surface area contributed by atoms with Gasteiger partial charge in [0.2, 0.25) is 5.91 Å². The third-order valence-electron chi connectivity index (χ3n) is 2.46. The summed E-state index contributed by atoms with van der Waals surface area (Å²) in [5.41, 5.74) is 0.256. The number of carboxylic acids is 2. The highest BCUT2D eigenvalue weighted by molar-refractivity contribution is 6.04. The summed E-state index contributed by atoms with van der Waals surface area (Å²) >= 11 is 0. The molecule has 1 aromatic rings. The van der Waals surface area contributed by atoms with Gasteiger partial charge in [-0.2, -0.15) is 0 Å². The number of nitrogens with one attached hydrogen (secondary N) is 2. The molecule has 2 amide bonds. The molecule has 0 aliphatic rings. The number of carbonyl (C=O) groups excluding carboxylic acids is 2. The van der Waals surface area contributed by atoms with E-state index in [1.807, 2.05) is 0 Å². The average Bonchev–Trinajstić information content (AvgIpc) is 2.37. The van der Waals surface area contributed by atoms with Crippen LogP contribution in [0, 0.1) is 0 Å². The Morgan fingerprint density at radius 3 is 2.29 bits per heavy atom. The van der Waals surface area contributed by atoms with Crippen LogP contribution >= 0.6 is 0 Å². The predicted molar refractivity (Wildman–Crippen MR) is 71.9 cm³/mol. The van der Waals surface area contributed by atoms with Crippen molar-refractivity contribution in [1.82, 2.24) is 5.32 Å². The molecule has 1 atom stereocenters. The van der Waals surface area contributed by atoms with Gasteiger partial charge < -0.3 is 20.8 Å². The van der Waals surface area contributed by atoms with Gasteiger partial charge in [-0.25, -0.2) is 4.79 Å². The molecule has 0 radical (unpaired) electrons. The van der Waals surface area contributed by atoms with E-state index in [0.717, 1.165) is 0 Å². The van der Waals surface area contributed by atoms with E-state index in [0.29, 0.717) is 0 Å². The van der Waals surface area contributed by atoms with Crippen LogP contribution in [0.25, 0.3) is 0 Å². The molecule has 0 bridgehead atoms. The minimum absolute atomic E-state index is 0.0457. The molecule has 0 aromatic heterocycles. The summed E-state index contributed by atoms with van der Waals surface area (Å²) in [6.45, 7) is 1.26. The number of carboxylic acid groups (broad SMARTS) is 2. The zero-order valence-electron chi connectivity index (χ0n) is 11.1. The molecular weight excluding hydrogens is 280 g/mol. The SMILES string of the molecule is CC(=O)Nc1ccccc1C(=O)N[C@@H](CC(=O)O)C(=O)O. The highest BCUT2D eigenvalue weighted by Crippen LogP contribution is 2.15. The lowest BCUT2D eigenvalue weighted by Gasteiger charge is -2.14. The maximum absolute atomic E-state index is 12.0. The lowest BCUT2D eigenvalue weighted by atomic mass is 10.1. The molecule has 21 heavy (non-hydrogen) atoms. The Kier molecular flexibility index (Phi) is 5.41. The van der Waals surface area contributed by atoms with E-state index in [2.05, 4.69) is 10.6 Å². The summed E-state index contributed by atoms with van der Waals surface area (Å²) in [4.78, 5) is 44.6. The number of anilines is 1. The second kappa shape index (κ2) is 7.04. The third kappa shape index (κ3) is 4.94. The molecule has 8 nitrogen and oxygen atoms in total. The summed E-state index contributed by atoms with van der Waals surface area (Å²) in [5, 5.41) is 22.0. The molecule has 0 saturated heterocycles. The summed E-state index contributed by atoms with van der Waals surface area (Å²) in [7, 11) is 0. The first kappa shape index (κ1) is 16.2. The molecule has 4 N–H and O–H groups in total. The van der Waals surface area contributed by atoms with Crippen molar-refractivity contribution < 1.29 is 29.4 Å². The number of aliphatic carboxylic acids is 2. The van der Waals surface area contributed by atoms with Crippen molar-refractivity contribution in [2.75, 3.05) is 5.32 Å². The molecule has 8 heteroatoms. The number of rotatable bonds is 6. The summed E-state index contributed by atoms with van der Waals surface area (Å²) in [6.07, 6.45) is -0.747. The van der Waals surface area contributed by atoms with Gasteiger partial charge in [-0.15, -0.1) is 0 Å². The average molecular weight is 294 g/mol. The van der Waals surface area contributed by atoms with Crippen LogP contribution in [0.4, 0.5) is 5.69 Å². The highest BCUT2D eigenvalue weighted by atomic mass is 16.4. The smallest absolute Gasteiger partial charge is 0.326 e. The molecular formula is C13H14N2O6. The van der Waals surface area contributed by atoms with Crippen molar-refractivity contribution >= 4 is 29.4 Å². The van der Waals surface area contributed by atoms with E-state index in [9.17, 15) is 19.2 Å². The Morgan fingerprint density at radius 1 is 1.14 bits per heavy atom. The van der Waals surface area contributed by atoms with Gasteiger partial charge in [0.15, 0.2) is 0 Å². The van der Waals surface area contributed by atoms with Crippen molar-refractivity contribution in [3.8, 4) is 0 Å². The first-order valence-corrected chi connectivity index (χ1v) is 5.93.